The highest BCUT2D eigenvalue weighted by atomic mass is 16.5. The molecule has 1 N–H and O–H groups in total. The number of nitrogens with zero attached hydrogens (tertiary/aromatic N) is 1. The van der Waals surface area contributed by atoms with Gasteiger partial charge in [-0.05, 0) is 37.2 Å². The quantitative estimate of drug-likeness (QED) is 0.913. The van der Waals surface area contributed by atoms with Crippen LogP contribution in [-0.4, -0.2) is 12.0 Å². The minimum absolute atomic E-state index is 0.00636. The van der Waals surface area contributed by atoms with Crippen LogP contribution in [0.3, 0.4) is 0 Å². The summed E-state index contributed by atoms with van der Waals surface area (Å²) >= 11 is 0. The van der Waals surface area contributed by atoms with Crippen LogP contribution in [0.25, 0.3) is 0 Å². The lowest BCUT2D eigenvalue weighted by atomic mass is 9.91. The first-order valence-corrected chi connectivity index (χ1v) is 7.29. The van der Waals surface area contributed by atoms with E-state index >= 15 is 0 Å². The SMILES string of the molecule is CNCc1cc(Oc2ccccc2C)nc(C(C)(C)C)c1. The second-order valence-electron chi connectivity index (χ2n) is 6.35. The van der Waals surface area contributed by atoms with Gasteiger partial charge in [0.1, 0.15) is 5.75 Å². The molecule has 0 aliphatic carbocycles. The average molecular weight is 284 g/mol. The summed E-state index contributed by atoms with van der Waals surface area (Å²) in [5.74, 6) is 1.51. The van der Waals surface area contributed by atoms with Crippen LogP contribution in [0, 0.1) is 6.92 Å². The minimum Gasteiger partial charge on any atom is -0.439 e. The first kappa shape index (κ1) is 15.5. The molecule has 0 fully saturated rings. The molecule has 0 spiro atoms. The van der Waals surface area contributed by atoms with Gasteiger partial charge in [0.25, 0.3) is 0 Å². The number of para-hydroxylation sites is 1. The van der Waals surface area contributed by atoms with Crippen molar-refractivity contribution in [1.82, 2.24) is 10.3 Å². The Morgan fingerprint density at radius 3 is 2.48 bits per heavy atom. The van der Waals surface area contributed by atoms with Gasteiger partial charge < -0.3 is 10.1 Å². The predicted molar refractivity (Wildman–Crippen MR) is 87.0 cm³/mol. The molecular weight excluding hydrogens is 260 g/mol. The molecule has 0 radical (unpaired) electrons. The Morgan fingerprint density at radius 1 is 1.14 bits per heavy atom. The van der Waals surface area contributed by atoms with E-state index < -0.39 is 0 Å². The highest BCUT2D eigenvalue weighted by Gasteiger charge is 2.18. The zero-order valence-corrected chi connectivity index (χ0v) is 13.5. The molecule has 0 saturated carbocycles. The van der Waals surface area contributed by atoms with E-state index in [1.54, 1.807) is 0 Å². The molecule has 0 aliphatic heterocycles. The Kier molecular flexibility index (Phi) is 4.63. The van der Waals surface area contributed by atoms with Crippen molar-refractivity contribution in [2.75, 3.05) is 7.05 Å². The van der Waals surface area contributed by atoms with Gasteiger partial charge in [-0.15, -0.1) is 0 Å². The van der Waals surface area contributed by atoms with Gasteiger partial charge in [-0.25, -0.2) is 4.98 Å². The molecule has 0 unspecified atom stereocenters. The Morgan fingerprint density at radius 2 is 1.86 bits per heavy atom. The van der Waals surface area contributed by atoms with Crippen molar-refractivity contribution in [3.8, 4) is 11.6 Å². The number of nitrogens with one attached hydrogen (secondary N) is 1. The van der Waals surface area contributed by atoms with Crippen molar-refractivity contribution in [3.63, 3.8) is 0 Å². The molecule has 0 amide bonds. The Labute approximate surface area is 127 Å². The molecule has 112 valence electrons. The van der Waals surface area contributed by atoms with Crippen molar-refractivity contribution in [3.05, 3.63) is 53.2 Å². The Bertz CT molecular complexity index is 615. The second-order valence-corrected chi connectivity index (χ2v) is 6.35. The first-order chi connectivity index (χ1) is 9.90. The molecule has 0 atom stereocenters. The summed E-state index contributed by atoms with van der Waals surface area (Å²) in [5, 5.41) is 3.18. The highest BCUT2D eigenvalue weighted by Crippen LogP contribution is 2.28. The van der Waals surface area contributed by atoms with E-state index in [0.717, 1.165) is 23.6 Å². The Balaban J connectivity index is 2.38. The fraction of sp³-hybridized carbons (Fsp3) is 0.389. The minimum atomic E-state index is -0.00636. The van der Waals surface area contributed by atoms with Crippen molar-refractivity contribution in [1.29, 1.82) is 0 Å². The number of aryl methyl sites for hydroxylation is 1. The smallest absolute Gasteiger partial charge is 0.219 e. The maximum atomic E-state index is 5.99. The van der Waals surface area contributed by atoms with Crippen LogP contribution in [-0.2, 0) is 12.0 Å². The molecule has 1 aromatic carbocycles. The lowest BCUT2D eigenvalue weighted by Gasteiger charge is -2.20. The van der Waals surface area contributed by atoms with E-state index in [-0.39, 0.29) is 5.41 Å². The molecule has 0 saturated heterocycles. The van der Waals surface area contributed by atoms with E-state index in [1.807, 2.05) is 44.3 Å². The van der Waals surface area contributed by atoms with Crippen molar-refractivity contribution in [2.45, 2.75) is 39.7 Å². The summed E-state index contributed by atoms with van der Waals surface area (Å²) in [5.41, 5.74) is 3.32. The number of pyridine rings is 1. The maximum Gasteiger partial charge on any atom is 0.219 e. The molecular formula is C18H24N2O. The van der Waals surface area contributed by atoms with Crippen LogP contribution in [0.15, 0.2) is 36.4 Å². The van der Waals surface area contributed by atoms with Gasteiger partial charge in [-0.1, -0.05) is 39.0 Å². The number of aromatic nitrogens is 1. The van der Waals surface area contributed by atoms with Gasteiger partial charge in [-0.2, -0.15) is 0 Å². The van der Waals surface area contributed by atoms with E-state index in [1.165, 1.54) is 5.56 Å². The second kappa shape index (κ2) is 6.27. The van der Waals surface area contributed by atoms with Crippen LogP contribution in [0.5, 0.6) is 11.6 Å². The summed E-state index contributed by atoms with van der Waals surface area (Å²) in [7, 11) is 1.94. The summed E-state index contributed by atoms with van der Waals surface area (Å²) in [6, 6.07) is 12.1. The molecule has 3 heteroatoms. The van der Waals surface area contributed by atoms with E-state index in [0.29, 0.717) is 5.88 Å². The topological polar surface area (TPSA) is 34.1 Å². The third-order valence-electron chi connectivity index (χ3n) is 3.32. The summed E-state index contributed by atoms with van der Waals surface area (Å²) < 4.78 is 5.99. The molecule has 2 aromatic rings. The number of hydrogen-bond acceptors (Lipinski definition) is 3. The van der Waals surface area contributed by atoms with E-state index in [4.69, 9.17) is 4.74 Å². The predicted octanol–water partition coefficient (Wildman–Crippen LogP) is 4.20. The Hall–Kier alpha value is -1.87. The van der Waals surface area contributed by atoms with Crippen LogP contribution in [0.2, 0.25) is 0 Å². The standard InChI is InChI=1S/C18H24N2O/c1-13-8-6-7-9-15(13)21-17-11-14(12-19-5)10-16(20-17)18(2,3)4/h6-11,19H,12H2,1-5H3. The summed E-state index contributed by atoms with van der Waals surface area (Å²) in [4.78, 5) is 4.67. The molecule has 1 heterocycles. The number of hydrogen-bond donors (Lipinski definition) is 1. The molecule has 0 aliphatic rings. The first-order valence-electron chi connectivity index (χ1n) is 7.29. The molecule has 21 heavy (non-hydrogen) atoms. The van der Waals surface area contributed by atoms with E-state index in [9.17, 15) is 0 Å². The summed E-state index contributed by atoms with van der Waals surface area (Å²) in [6.45, 7) is 9.33. The number of rotatable bonds is 4. The highest BCUT2D eigenvalue weighted by molar-refractivity contribution is 5.37. The largest absolute Gasteiger partial charge is 0.439 e. The summed E-state index contributed by atoms with van der Waals surface area (Å²) in [6.07, 6.45) is 0. The lowest BCUT2D eigenvalue weighted by Crippen LogP contribution is -2.15. The van der Waals surface area contributed by atoms with Gasteiger partial charge in [0, 0.05) is 18.0 Å². The lowest BCUT2D eigenvalue weighted by molar-refractivity contribution is 0.447. The van der Waals surface area contributed by atoms with Gasteiger partial charge in [0.05, 0.1) is 5.69 Å². The fourth-order valence-corrected chi connectivity index (χ4v) is 2.09. The molecule has 2 rings (SSSR count). The molecule has 1 aromatic heterocycles. The van der Waals surface area contributed by atoms with Crippen molar-refractivity contribution < 1.29 is 4.74 Å². The van der Waals surface area contributed by atoms with Gasteiger partial charge >= 0.3 is 0 Å². The van der Waals surface area contributed by atoms with Gasteiger partial charge in [-0.3, -0.25) is 0 Å². The van der Waals surface area contributed by atoms with Crippen molar-refractivity contribution in [2.24, 2.45) is 0 Å². The van der Waals surface area contributed by atoms with Crippen LogP contribution in [0.4, 0.5) is 0 Å². The van der Waals surface area contributed by atoms with Gasteiger partial charge in [0.2, 0.25) is 5.88 Å². The third kappa shape index (κ3) is 4.05. The monoisotopic (exact) mass is 284 g/mol. The normalized spacial score (nSPS) is 11.5. The van der Waals surface area contributed by atoms with Crippen LogP contribution < -0.4 is 10.1 Å². The third-order valence-corrected chi connectivity index (χ3v) is 3.32. The fourth-order valence-electron chi connectivity index (χ4n) is 2.09. The van der Waals surface area contributed by atoms with Crippen LogP contribution >= 0.6 is 0 Å². The number of benzene rings is 1. The molecule has 3 nitrogen and oxygen atoms in total. The van der Waals surface area contributed by atoms with Crippen molar-refractivity contribution >= 4 is 0 Å². The zero-order chi connectivity index (χ0) is 15.5. The van der Waals surface area contributed by atoms with Gasteiger partial charge in [0.15, 0.2) is 0 Å². The number of ether oxygens (including phenoxy) is 1. The molecule has 0 bridgehead atoms. The van der Waals surface area contributed by atoms with Crippen LogP contribution in [0.1, 0.15) is 37.6 Å². The maximum absolute atomic E-state index is 5.99. The average Bonchev–Trinajstić information content (AvgIpc) is 2.41. The zero-order valence-electron chi connectivity index (χ0n) is 13.5. The van der Waals surface area contributed by atoms with E-state index in [2.05, 4.69) is 37.1 Å².